The predicted molar refractivity (Wildman–Crippen MR) is 103 cm³/mol. The summed E-state index contributed by atoms with van der Waals surface area (Å²) in [4.78, 5) is 0.199. The molecule has 6 heteroatoms. The maximum absolute atomic E-state index is 12.7. The molecule has 0 atom stereocenters. The Morgan fingerprint density at radius 1 is 0.708 bits per heavy atom. The lowest BCUT2D eigenvalue weighted by molar-refractivity contribution is 0.598. The maximum atomic E-state index is 12.7. The van der Waals surface area contributed by atoms with E-state index in [1.165, 1.54) is 0 Å². The van der Waals surface area contributed by atoms with Gasteiger partial charge in [0.15, 0.2) is 10.6 Å². The van der Waals surface area contributed by atoms with Crippen molar-refractivity contribution in [3.8, 4) is 0 Å². The minimum atomic E-state index is -3.74. The Hall–Kier alpha value is -1.81. The number of benzene rings is 3. The molecule has 0 N–H and O–H groups in total. The van der Waals surface area contributed by atoms with Crippen molar-refractivity contribution in [1.82, 2.24) is 0 Å². The van der Waals surface area contributed by atoms with Crippen LogP contribution in [-0.2, 0) is 10.0 Å². The highest BCUT2D eigenvalue weighted by Gasteiger charge is 2.26. The van der Waals surface area contributed by atoms with Gasteiger partial charge in [0.25, 0.3) is 7.71 Å². The van der Waals surface area contributed by atoms with E-state index in [4.69, 9.17) is 0 Å². The highest BCUT2D eigenvalue weighted by molar-refractivity contribution is 9.10. The van der Waals surface area contributed by atoms with E-state index in [1.807, 2.05) is 60.7 Å². The Morgan fingerprint density at radius 2 is 1.17 bits per heavy atom. The van der Waals surface area contributed by atoms with E-state index in [0.717, 1.165) is 15.1 Å². The SMILES string of the molecule is O=S(=O)(N=[P+](c1ccccc1)c1ccccc1)c1ccc(Br)cc1. The fourth-order valence-electron chi connectivity index (χ4n) is 2.14. The summed E-state index contributed by atoms with van der Waals surface area (Å²) in [6.07, 6.45) is 0. The van der Waals surface area contributed by atoms with Gasteiger partial charge >= 0.3 is 10.0 Å². The predicted octanol–water partition coefficient (Wildman–Crippen LogP) is 4.45. The van der Waals surface area contributed by atoms with Crippen LogP contribution < -0.4 is 10.6 Å². The van der Waals surface area contributed by atoms with Gasteiger partial charge in [0, 0.05) is 8.62 Å². The Morgan fingerprint density at radius 3 is 1.62 bits per heavy atom. The van der Waals surface area contributed by atoms with E-state index in [9.17, 15) is 8.42 Å². The first-order chi connectivity index (χ1) is 11.6. The Kier molecular flexibility index (Phi) is 5.24. The zero-order valence-corrected chi connectivity index (χ0v) is 15.9. The first-order valence-electron chi connectivity index (χ1n) is 7.20. The largest absolute Gasteiger partial charge is 0.317 e. The topological polar surface area (TPSA) is 46.5 Å². The number of sulfonamides is 1. The van der Waals surface area contributed by atoms with Gasteiger partial charge in [0.1, 0.15) is 0 Å². The first kappa shape index (κ1) is 17.0. The van der Waals surface area contributed by atoms with Crippen LogP contribution >= 0.6 is 23.6 Å². The standard InChI is InChI=1S/C18H14BrNO2PS/c19-15-11-13-18(14-12-15)24(21,22)20-23(16-7-3-1-4-8-16)17-9-5-2-6-10-17/h1-14H/q+1. The van der Waals surface area contributed by atoms with E-state index < -0.39 is 17.7 Å². The molecule has 0 fully saturated rings. The highest BCUT2D eigenvalue weighted by atomic mass is 79.9. The summed E-state index contributed by atoms with van der Waals surface area (Å²) in [5, 5.41) is 1.80. The fourth-order valence-corrected chi connectivity index (χ4v) is 6.09. The summed E-state index contributed by atoms with van der Waals surface area (Å²) < 4.78 is 30.6. The minimum absolute atomic E-state index is 0.199. The molecule has 3 aromatic rings. The molecule has 0 aliphatic heterocycles. The monoisotopic (exact) mass is 418 g/mol. The maximum Gasteiger partial charge on any atom is 0.317 e. The molecule has 0 saturated carbocycles. The van der Waals surface area contributed by atoms with Crippen LogP contribution in [-0.4, -0.2) is 8.42 Å². The molecule has 0 unspecified atom stereocenters. The quantitative estimate of drug-likeness (QED) is 0.587. The van der Waals surface area contributed by atoms with Crippen molar-refractivity contribution in [3.63, 3.8) is 0 Å². The van der Waals surface area contributed by atoms with Gasteiger partial charge in [0.2, 0.25) is 0 Å². The number of rotatable bonds is 4. The third-order valence-electron chi connectivity index (χ3n) is 3.30. The first-order valence-corrected chi connectivity index (χ1v) is 10.7. The second-order valence-electron chi connectivity index (χ2n) is 4.99. The molecule has 0 aliphatic rings. The summed E-state index contributed by atoms with van der Waals surface area (Å²) >= 11 is 3.32. The van der Waals surface area contributed by atoms with Gasteiger partial charge in [-0.1, -0.05) is 52.3 Å². The van der Waals surface area contributed by atoms with Crippen molar-refractivity contribution in [1.29, 1.82) is 0 Å². The van der Waals surface area contributed by atoms with Crippen LogP contribution in [0.3, 0.4) is 0 Å². The van der Waals surface area contributed by atoms with Gasteiger partial charge in [-0.3, -0.25) is 0 Å². The van der Waals surface area contributed by atoms with Crippen LogP contribution in [0.1, 0.15) is 0 Å². The third kappa shape index (κ3) is 3.99. The lowest BCUT2D eigenvalue weighted by Crippen LogP contribution is -2.08. The molecule has 3 aromatic carbocycles. The summed E-state index contributed by atoms with van der Waals surface area (Å²) in [5.41, 5.74) is 0. The van der Waals surface area contributed by atoms with Crippen molar-refractivity contribution in [2.45, 2.75) is 4.90 Å². The molecular weight excluding hydrogens is 405 g/mol. The molecule has 0 saturated heterocycles. The molecule has 3 rings (SSSR count). The van der Waals surface area contributed by atoms with E-state index in [0.29, 0.717) is 0 Å². The second-order valence-corrected chi connectivity index (χ2v) is 9.64. The molecule has 0 heterocycles. The Balaban J connectivity index is 2.15. The van der Waals surface area contributed by atoms with Gasteiger partial charge in [-0.2, -0.15) is 8.42 Å². The summed E-state index contributed by atoms with van der Waals surface area (Å²) in [6, 6.07) is 25.6. The van der Waals surface area contributed by atoms with Gasteiger partial charge in [-0.25, -0.2) is 0 Å². The van der Waals surface area contributed by atoms with Crippen molar-refractivity contribution >= 4 is 44.3 Å². The lowest BCUT2D eigenvalue weighted by Gasteiger charge is -1.98. The zero-order valence-electron chi connectivity index (χ0n) is 12.6. The molecule has 3 nitrogen and oxygen atoms in total. The molecule has 0 bridgehead atoms. The summed E-state index contributed by atoms with van der Waals surface area (Å²) in [7, 11) is -5.08. The average Bonchev–Trinajstić information content (AvgIpc) is 2.62. The molecule has 0 amide bonds. The normalized spacial score (nSPS) is 11.0. The van der Waals surface area contributed by atoms with Crippen molar-refractivity contribution in [2.75, 3.05) is 0 Å². The number of halogens is 1. The fraction of sp³-hybridized carbons (Fsp3) is 0. The molecule has 120 valence electrons. The number of hydrogen-bond acceptors (Lipinski definition) is 2. The van der Waals surface area contributed by atoms with E-state index >= 15 is 0 Å². The molecule has 0 spiro atoms. The molecule has 0 aromatic heterocycles. The van der Waals surface area contributed by atoms with Gasteiger partial charge < -0.3 is 0 Å². The van der Waals surface area contributed by atoms with Crippen molar-refractivity contribution < 1.29 is 8.42 Å². The van der Waals surface area contributed by atoms with E-state index in [1.54, 1.807) is 24.3 Å². The van der Waals surface area contributed by atoms with Crippen LogP contribution in [0.4, 0.5) is 0 Å². The zero-order chi connectivity index (χ0) is 17.0. The van der Waals surface area contributed by atoms with E-state index in [-0.39, 0.29) is 4.90 Å². The molecule has 0 radical (unpaired) electrons. The lowest BCUT2D eigenvalue weighted by atomic mass is 10.4. The summed E-state index contributed by atoms with van der Waals surface area (Å²) in [6.45, 7) is 0. The van der Waals surface area contributed by atoms with Crippen molar-refractivity contribution in [2.24, 2.45) is 4.15 Å². The minimum Gasteiger partial charge on any atom is -0.196 e. The number of hydrogen-bond donors (Lipinski definition) is 0. The van der Waals surface area contributed by atoms with Crippen LogP contribution in [0, 0.1) is 0 Å². The molecular formula is C18H14BrNO2PS+. The van der Waals surface area contributed by atoms with Crippen molar-refractivity contribution in [3.05, 3.63) is 89.4 Å². The van der Waals surface area contributed by atoms with Crippen LogP contribution in [0.15, 0.2) is 98.4 Å². The van der Waals surface area contributed by atoms with E-state index in [2.05, 4.69) is 20.1 Å². The summed E-state index contributed by atoms with van der Waals surface area (Å²) in [5.74, 6) is 0. The van der Waals surface area contributed by atoms with Gasteiger partial charge in [-0.15, -0.1) is 0 Å². The van der Waals surface area contributed by atoms with Crippen LogP contribution in [0.5, 0.6) is 0 Å². The molecule has 0 aliphatic carbocycles. The average molecular weight is 419 g/mol. The van der Waals surface area contributed by atoms with Crippen LogP contribution in [0.25, 0.3) is 0 Å². The van der Waals surface area contributed by atoms with Gasteiger partial charge in [-0.05, 0) is 48.5 Å². The Bertz CT molecular complexity index is 915. The second kappa shape index (κ2) is 7.39. The third-order valence-corrected chi connectivity index (χ3v) is 7.79. The highest BCUT2D eigenvalue weighted by Crippen LogP contribution is 2.29. The number of nitrogens with zero attached hydrogens (tertiary/aromatic N) is 1. The molecule has 24 heavy (non-hydrogen) atoms. The van der Waals surface area contributed by atoms with Crippen LogP contribution in [0.2, 0.25) is 0 Å². The van der Waals surface area contributed by atoms with Gasteiger partial charge in [0.05, 0.1) is 4.90 Å². The smallest absolute Gasteiger partial charge is 0.196 e. The Labute approximate surface area is 151 Å².